The Morgan fingerprint density at radius 2 is 0.852 bits per heavy atom. The van der Waals surface area contributed by atoms with Gasteiger partial charge in [0.2, 0.25) is 0 Å². The summed E-state index contributed by atoms with van der Waals surface area (Å²) < 4.78 is 26.3. The molecule has 0 rings (SSSR count). The van der Waals surface area contributed by atoms with Gasteiger partial charge in [-0.1, -0.05) is 150 Å². The summed E-state index contributed by atoms with van der Waals surface area (Å²) in [6.07, 6.45) is 53.1. The SMILES string of the molecule is CCCCC/C=C\C/C=C\C/C=C\C/C=C\CCCCCC(=O)O[C@H](COC(=O)CCC/C=C\C/C=C\C/C=C\CCCCCCCC)COP(=O)(O)O. The maximum absolute atomic E-state index is 12.4. The van der Waals surface area contributed by atoms with Gasteiger partial charge in [0, 0.05) is 12.8 Å². The topological polar surface area (TPSA) is 119 Å². The molecule has 2 N–H and O–H groups in total. The average molecular weight is 775 g/mol. The van der Waals surface area contributed by atoms with E-state index >= 15 is 0 Å². The van der Waals surface area contributed by atoms with Crippen molar-refractivity contribution in [2.24, 2.45) is 0 Å². The summed E-state index contributed by atoms with van der Waals surface area (Å²) in [5.74, 6) is -0.989. The fourth-order valence-electron chi connectivity index (χ4n) is 5.25. The predicted molar refractivity (Wildman–Crippen MR) is 225 cm³/mol. The first-order valence-corrected chi connectivity index (χ1v) is 22.4. The highest BCUT2D eigenvalue weighted by molar-refractivity contribution is 7.46. The number of hydrogen-bond donors (Lipinski definition) is 2. The molecule has 1 atom stereocenters. The average Bonchev–Trinajstić information content (AvgIpc) is 3.14. The second kappa shape index (κ2) is 39.9. The van der Waals surface area contributed by atoms with E-state index in [9.17, 15) is 14.2 Å². The fourth-order valence-corrected chi connectivity index (χ4v) is 5.61. The molecule has 0 aliphatic rings. The van der Waals surface area contributed by atoms with Crippen LogP contribution in [-0.2, 0) is 28.2 Å². The lowest BCUT2D eigenvalue weighted by Crippen LogP contribution is -2.29. The zero-order valence-electron chi connectivity index (χ0n) is 33.8. The summed E-state index contributed by atoms with van der Waals surface area (Å²) in [6, 6.07) is 0. The summed E-state index contributed by atoms with van der Waals surface area (Å²) in [5.41, 5.74) is 0. The highest BCUT2D eigenvalue weighted by atomic mass is 31.2. The van der Waals surface area contributed by atoms with Gasteiger partial charge < -0.3 is 19.3 Å². The molecule has 9 heteroatoms. The third-order valence-electron chi connectivity index (χ3n) is 8.39. The largest absolute Gasteiger partial charge is 0.469 e. The van der Waals surface area contributed by atoms with Gasteiger partial charge in [-0.2, -0.15) is 0 Å². The van der Waals surface area contributed by atoms with Gasteiger partial charge in [0.05, 0.1) is 6.61 Å². The van der Waals surface area contributed by atoms with E-state index < -0.39 is 32.5 Å². The van der Waals surface area contributed by atoms with Gasteiger partial charge in [0.15, 0.2) is 6.10 Å². The second-order valence-electron chi connectivity index (χ2n) is 13.6. The van der Waals surface area contributed by atoms with Crippen LogP contribution in [0.2, 0.25) is 0 Å². The Labute approximate surface area is 329 Å². The van der Waals surface area contributed by atoms with E-state index in [-0.39, 0.29) is 19.4 Å². The van der Waals surface area contributed by atoms with Crippen LogP contribution in [0.5, 0.6) is 0 Å². The Morgan fingerprint density at radius 3 is 1.33 bits per heavy atom. The predicted octanol–water partition coefficient (Wildman–Crippen LogP) is 12.8. The van der Waals surface area contributed by atoms with Gasteiger partial charge in [0.25, 0.3) is 0 Å². The lowest BCUT2D eigenvalue weighted by atomic mass is 10.1. The molecule has 0 saturated heterocycles. The van der Waals surface area contributed by atoms with Crippen LogP contribution in [0.25, 0.3) is 0 Å². The van der Waals surface area contributed by atoms with E-state index in [0.29, 0.717) is 12.8 Å². The van der Waals surface area contributed by atoms with Crippen molar-refractivity contribution in [2.45, 2.75) is 174 Å². The molecule has 54 heavy (non-hydrogen) atoms. The van der Waals surface area contributed by atoms with Gasteiger partial charge in [0.1, 0.15) is 6.61 Å². The van der Waals surface area contributed by atoms with Crippen molar-refractivity contribution < 1.29 is 37.9 Å². The minimum atomic E-state index is -4.78. The number of carbonyl (C=O) groups excluding carboxylic acids is 2. The van der Waals surface area contributed by atoms with Gasteiger partial charge in [-0.15, -0.1) is 0 Å². The quantitative estimate of drug-likeness (QED) is 0.0277. The maximum Gasteiger partial charge on any atom is 0.469 e. The van der Waals surface area contributed by atoms with Crippen molar-refractivity contribution in [1.29, 1.82) is 0 Å². The minimum absolute atomic E-state index is 0.159. The maximum atomic E-state index is 12.4. The van der Waals surface area contributed by atoms with Crippen LogP contribution in [0.3, 0.4) is 0 Å². The third-order valence-corrected chi connectivity index (χ3v) is 8.87. The minimum Gasteiger partial charge on any atom is -0.462 e. The number of phosphoric acid groups is 1. The number of ether oxygens (including phenoxy) is 2. The molecule has 0 spiro atoms. The van der Waals surface area contributed by atoms with Crippen molar-refractivity contribution in [3.05, 3.63) is 85.1 Å². The molecule has 8 nitrogen and oxygen atoms in total. The fraction of sp³-hybridized carbons (Fsp3) is 0.644. The van der Waals surface area contributed by atoms with Crippen LogP contribution >= 0.6 is 7.82 Å². The Morgan fingerprint density at radius 1 is 0.481 bits per heavy atom. The molecule has 0 unspecified atom stereocenters. The lowest BCUT2D eigenvalue weighted by Gasteiger charge is -2.18. The molecule has 0 aromatic rings. The second-order valence-corrected chi connectivity index (χ2v) is 14.8. The standard InChI is InChI=1S/C45H75O8P/c1-3-5-7-9-11-13-15-17-19-21-22-24-26-28-30-32-34-36-38-40-45(47)53-43(42-52-54(48,49)50)41-51-44(46)39-37-35-33-31-29-27-25-23-20-18-16-14-12-10-8-6-4-2/h11,13,17-20,22,24-25,27-28,30-31,33,43H,3-10,12,14-16,21,23,26,29,32,34-42H2,1-2H3,(H2,48,49,50)/b13-11-,19-17-,20-18-,24-22-,27-25-,30-28-,33-31-/t43-/m1/s1. The molecule has 0 fully saturated rings. The molecule has 0 saturated carbocycles. The summed E-state index contributed by atoms with van der Waals surface area (Å²) in [5, 5.41) is 0. The molecule has 308 valence electrons. The molecule has 0 radical (unpaired) electrons. The van der Waals surface area contributed by atoms with Crippen LogP contribution in [0.1, 0.15) is 168 Å². The van der Waals surface area contributed by atoms with Crippen molar-refractivity contribution >= 4 is 19.8 Å². The van der Waals surface area contributed by atoms with Crippen molar-refractivity contribution in [2.75, 3.05) is 13.2 Å². The molecular weight excluding hydrogens is 699 g/mol. The first kappa shape index (κ1) is 51.2. The van der Waals surface area contributed by atoms with Gasteiger partial charge in [-0.25, -0.2) is 4.57 Å². The summed E-state index contributed by atoms with van der Waals surface area (Å²) in [7, 11) is -4.78. The number of carbonyl (C=O) groups is 2. The van der Waals surface area contributed by atoms with Crippen molar-refractivity contribution in [3.63, 3.8) is 0 Å². The molecule has 0 amide bonds. The van der Waals surface area contributed by atoms with E-state index in [4.69, 9.17) is 19.3 Å². The van der Waals surface area contributed by atoms with Crippen LogP contribution in [0.4, 0.5) is 0 Å². The molecule has 0 bridgehead atoms. The van der Waals surface area contributed by atoms with Crippen molar-refractivity contribution in [1.82, 2.24) is 0 Å². The molecular formula is C45H75O8P. The molecule has 0 heterocycles. The number of esters is 2. The highest BCUT2D eigenvalue weighted by Gasteiger charge is 2.22. The number of allylic oxidation sites excluding steroid dienone is 14. The van der Waals surface area contributed by atoms with Crippen LogP contribution in [0, 0.1) is 0 Å². The monoisotopic (exact) mass is 775 g/mol. The number of hydrogen-bond acceptors (Lipinski definition) is 6. The summed E-state index contributed by atoms with van der Waals surface area (Å²) in [6.45, 7) is 3.57. The number of phosphoric ester groups is 1. The van der Waals surface area contributed by atoms with E-state index in [1.165, 1.54) is 64.2 Å². The Kier molecular flexibility index (Phi) is 37.9. The number of unbranched alkanes of at least 4 members (excludes halogenated alkanes) is 13. The Bertz CT molecular complexity index is 1140. The molecule has 0 aliphatic heterocycles. The zero-order valence-corrected chi connectivity index (χ0v) is 34.7. The van der Waals surface area contributed by atoms with E-state index in [0.717, 1.165) is 64.2 Å². The van der Waals surface area contributed by atoms with Crippen LogP contribution < -0.4 is 0 Å². The Hall–Kier alpha value is -2.77. The molecule has 0 aromatic carbocycles. The van der Waals surface area contributed by atoms with Gasteiger partial charge >= 0.3 is 19.8 Å². The van der Waals surface area contributed by atoms with Crippen LogP contribution in [-0.4, -0.2) is 41.0 Å². The summed E-state index contributed by atoms with van der Waals surface area (Å²) in [4.78, 5) is 42.8. The zero-order chi connectivity index (χ0) is 39.6. The van der Waals surface area contributed by atoms with E-state index in [1.807, 2.05) is 6.08 Å². The van der Waals surface area contributed by atoms with E-state index in [1.54, 1.807) is 0 Å². The third kappa shape index (κ3) is 42.0. The van der Waals surface area contributed by atoms with Gasteiger partial charge in [-0.3, -0.25) is 14.1 Å². The highest BCUT2D eigenvalue weighted by Crippen LogP contribution is 2.36. The Balaban J connectivity index is 4.10. The smallest absolute Gasteiger partial charge is 0.462 e. The van der Waals surface area contributed by atoms with E-state index in [2.05, 4.69) is 97.4 Å². The first-order chi connectivity index (χ1) is 26.3. The summed E-state index contributed by atoms with van der Waals surface area (Å²) >= 11 is 0. The lowest BCUT2D eigenvalue weighted by molar-refractivity contribution is -0.161. The normalized spacial score (nSPS) is 13.3. The van der Waals surface area contributed by atoms with Gasteiger partial charge in [-0.05, 0) is 89.9 Å². The number of rotatable bonds is 37. The first-order valence-electron chi connectivity index (χ1n) is 20.9. The van der Waals surface area contributed by atoms with Crippen molar-refractivity contribution in [3.8, 4) is 0 Å². The van der Waals surface area contributed by atoms with Crippen LogP contribution in [0.15, 0.2) is 85.1 Å². The molecule has 0 aliphatic carbocycles. The molecule has 0 aromatic heterocycles.